The van der Waals surface area contributed by atoms with Crippen LogP contribution in [-0.2, 0) is 7.05 Å². The zero-order valence-electron chi connectivity index (χ0n) is 16.2. The molecular formula is C22H20F2N4O2. The van der Waals surface area contributed by atoms with Crippen LogP contribution in [0.15, 0.2) is 53.5 Å². The number of hydrogen-bond acceptors (Lipinski definition) is 3. The summed E-state index contributed by atoms with van der Waals surface area (Å²) in [6.07, 6.45) is 1.67. The molecule has 1 saturated heterocycles. The van der Waals surface area contributed by atoms with E-state index in [9.17, 15) is 18.4 Å². The summed E-state index contributed by atoms with van der Waals surface area (Å²) in [7, 11) is 1.68. The number of carbonyl (C=O) groups is 1. The highest BCUT2D eigenvalue weighted by atomic mass is 19.1. The molecule has 1 aromatic heterocycles. The van der Waals surface area contributed by atoms with Gasteiger partial charge in [-0.2, -0.15) is 0 Å². The summed E-state index contributed by atoms with van der Waals surface area (Å²) < 4.78 is 28.6. The molecule has 1 aliphatic carbocycles. The lowest BCUT2D eigenvalue weighted by Crippen LogP contribution is -2.37. The molecule has 0 radical (unpaired) electrons. The molecule has 6 nitrogen and oxygen atoms in total. The number of aromatic nitrogens is 1. The van der Waals surface area contributed by atoms with Crippen molar-refractivity contribution in [2.24, 2.45) is 18.9 Å². The molecule has 2 N–H and O–H groups in total. The number of rotatable bonds is 3. The summed E-state index contributed by atoms with van der Waals surface area (Å²) in [5, 5.41) is 7.04. The van der Waals surface area contributed by atoms with E-state index in [2.05, 4.69) is 10.6 Å². The fourth-order valence-corrected chi connectivity index (χ4v) is 4.47. The highest BCUT2D eigenvalue weighted by molar-refractivity contribution is 6.01. The number of piperidine rings is 1. The summed E-state index contributed by atoms with van der Waals surface area (Å²) in [6, 6.07) is 10.3. The van der Waals surface area contributed by atoms with Gasteiger partial charge in [-0.3, -0.25) is 4.79 Å². The summed E-state index contributed by atoms with van der Waals surface area (Å²) in [4.78, 5) is 26.7. The fourth-order valence-electron chi connectivity index (χ4n) is 4.47. The van der Waals surface area contributed by atoms with Gasteiger partial charge in [0, 0.05) is 61.1 Å². The molecule has 8 heteroatoms. The molecule has 2 unspecified atom stereocenters. The van der Waals surface area contributed by atoms with Gasteiger partial charge in [0.2, 0.25) is 0 Å². The Balaban J connectivity index is 1.23. The van der Waals surface area contributed by atoms with Crippen molar-refractivity contribution in [2.45, 2.75) is 6.04 Å². The number of carbonyl (C=O) groups excluding carboxylic acids is 1. The molecule has 1 saturated carbocycles. The number of nitrogens with zero attached hydrogens (tertiary/aromatic N) is 2. The monoisotopic (exact) mass is 410 g/mol. The first-order valence-electron chi connectivity index (χ1n) is 9.78. The van der Waals surface area contributed by atoms with Crippen LogP contribution in [-0.4, -0.2) is 29.7 Å². The molecule has 0 spiro atoms. The number of fused-ring (bicyclic) bond motifs is 2. The second kappa shape index (κ2) is 6.83. The van der Waals surface area contributed by atoms with Crippen LogP contribution >= 0.6 is 0 Å². The normalized spacial score (nSPS) is 22.1. The molecule has 1 aliphatic heterocycles. The molecular weight excluding hydrogens is 390 g/mol. The average molecular weight is 410 g/mol. The first kappa shape index (κ1) is 18.6. The van der Waals surface area contributed by atoms with E-state index in [1.54, 1.807) is 37.5 Å². The minimum Gasteiger partial charge on any atom is -0.368 e. The third-order valence-corrected chi connectivity index (χ3v) is 6.11. The van der Waals surface area contributed by atoms with Gasteiger partial charge in [-0.05, 0) is 30.3 Å². The van der Waals surface area contributed by atoms with Gasteiger partial charge in [-0.15, -0.1) is 0 Å². The minimum atomic E-state index is -0.594. The van der Waals surface area contributed by atoms with E-state index in [1.807, 2.05) is 4.90 Å². The molecule has 2 heterocycles. The second-order valence-electron chi connectivity index (χ2n) is 7.95. The number of nitrogens with one attached hydrogen (secondary N) is 2. The van der Waals surface area contributed by atoms with Gasteiger partial charge in [-0.1, -0.05) is 6.07 Å². The van der Waals surface area contributed by atoms with Gasteiger partial charge in [0.05, 0.1) is 11.4 Å². The number of pyridine rings is 1. The second-order valence-corrected chi connectivity index (χ2v) is 7.95. The van der Waals surface area contributed by atoms with Crippen LogP contribution in [0.1, 0.15) is 0 Å². The number of benzene rings is 2. The maximum absolute atomic E-state index is 14.0. The lowest BCUT2D eigenvalue weighted by Gasteiger charge is -2.23. The van der Waals surface area contributed by atoms with Crippen LogP contribution in [0.4, 0.5) is 25.0 Å². The van der Waals surface area contributed by atoms with Crippen LogP contribution in [0, 0.1) is 23.5 Å². The van der Waals surface area contributed by atoms with Crippen molar-refractivity contribution < 1.29 is 13.6 Å². The van der Waals surface area contributed by atoms with Crippen molar-refractivity contribution in [3.05, 3.63) is 70.6 Å². The van der Waals surface area contributed by atoms with Crippen molar-refractivity contribution in [3.63, 3.8) is 0 Å². The summed E-state index contributed by atoms with van der Waals surface area (Å²) in [6.45, 7) is 1.23. The van der Waals surface area contributed by atoms with Gasteiger partial charge in [0.1, 0.15) is 11.6 Å². The van der Waals surface area contributed by atoms with Gasteiger partial charge in [0.25, 0.3) is 5.56 Å². The summed E-state index contributed by atoms with van der Waals surface area (Å²) in [5.41, 5.74) is 0.842. The van der Waals surface area contributed by atoms with Crippen LogP contribution in [0.25, 0.3) is 10.8 Å². The number of halogens is 2. The van der Waals surface area contributed by atoms with Gasteiger partial charge < -0.3 is 20.1 Å². The van der Waals surface area contributed by atoms with Crippen molar-refractivity contribution in [3.8, 4) is 0 Å². The molecule has 2 aromatic carbocycles. The Bertz CT molecular complexity index is 1210. The number of anilines is 2. The van der Waals surface area contributed by atoms with E-state index in [-0.39, 0.29) is 29.5 Å². The highest BCUT2D eigenvalue weighted by Crippen LogP contribution is 2.47. The molecule has 5 rings (SSSR count). The Morgan fingerprint density at radius 3 is 2.57 bits per heavy atom. The smallest absolute Gasteiger partial charge is 0.319 e. The maximum atomic E-state index is 14.0. The van der Waals surface area contributed by atoms with Gasteiger partial charge in [0.15, 0.2) is 0 Å². The lowest BCUT2D eigenvalue weighted by molar-refractivity contribution is 0.250. The molecule has 2 aliphatic rings. The molecule has 154 valence electrons. The minimum absolute atomic E-state index is 0.0209. The average Bonchev–Trinajstić information content (AvgIpc) is 3.14. The van der Waals surface area contributed by atoms with Crippen LogP contribution in [0.3, 0.4) is 0 Å². The third-order valence-electron chi connectivity index (χ3n) is 6.11. The first-order valence-corrected chi connectivity index (χ1v) is 9.78. The van der Waals surface area contributed by atoms with Crippen molar-refractivity contribution in [1.82, 2.24) is 9.88 Å². The Morgan fingerprint density at radius 1 is 1.07 bits per heavy atom. The molecule has 0 bridgehead atoms. The Labute approximate surface area is 171 Å². The topological polar surface area (TPSA) is 66.4 Å². The first-order chi connectivity index (χ1) is 14.4. The number of urea groups is 1. The summed E-state index contributed by atoms with van der Waals surface area (Å²) >= 11 is 0. The van der Waals surface area contributed by atoms with Crippen molar-refractivity contribution in [2.75, 3.05) is 23.3 Å². The number of aryl methyl sites for hydroxylation is 1. The van der Waals surface area contributed by atoms with Crippen LogP contribution < -0.4 is 21.1 Å². The molecule has 30 heavy (non-hydrogen) atoms. The van der Waals surface area contributed by atoms with E-state index < -0.39 is 11.6 Å². The van der Waals surface area contributed by atoms with Gasteiger partial charge >= 0.3 is 6.03 Å². The Morgan fingerprint density at radius 2 is 1.83 bits per heavy atom. The number of hydrogen-bond donors (Lipinski definition) is 2. The lowest BCUT2D eigenvalue weighted by atomic mass is 10.1. The fraction of sp³-hybridized carbons (Fsp3) is 0.273. The van der Waals surface area contributed by atoms with E-state index in [4.69, 9.17) is 0 Å². The highest BCUT2D eigenvalue weighted by Gasteiger charge is 2.56. The third kappa shape index (κ3) is 3.08. The van der Waals surface area contributed by atoms with E-state index in [0.29, 0.717) is 35.2 Å². The van der Waals surface area contributed by atoms with Crippen molar-refractivity contribution in [1.29, 1.82) is 0 Å². The van der Waals surface area contributed by atoms with E-state index >= 15 is 0 Å². The zero-order valence-corrected chi connectivity index (χ0v) is 16.2. The quantitative estimate of drug-likeness (QED) is 0.698. The maximum Gasteiger partial charge on any atom is 0.319 e. The van der Waals surface area contributed by atoms with Crippen molar-refractivity contribution >= 4 is 28.2 Å². The summed E-state index contributed by atoms with van der Waals surface area (Å²) in [5.74, 6) is -0.691. The predicted octanol–water partition coefficient (Wildman–Crippen LogP) is 3.07. The standard InChI is InChI=1S/C22H20F2N4O2/c1-27-8-7-13-14(21(27)29)3-2-4-18(13)25-22(30)26-20-15-10-28(11-16(15)20)19-6-5-12(23)9-17(19)24/h2-9,15-16,20H,10-11H2,1H3,(H2,25,26,30). The van der Waals surface area contributed by atoms with Gasteiger partial charge in [-0.25, -0.2) is 13.6 Å². The zero-order chi connectivity index (χ0) is 21.0. The Hall–Kier alpha value is -3.42. The van der Waals surface area contributed by atoms with Crippen LogP contribution in [0.5, 0.6) is 0 Å². The molecule has 2 amide bonds. The van der Waals surface area contributed by atoms with E-state index in [1.165, 1.54) is 16.7 Å². The predicted molar refractivity (Wildman–Crippen MR) is 111 cm³/mol. The largest absolute Gasteiger partial charge is 0.368 e. The van der Waals surface area contributed by atoms with Crippen LogP contribution in [0.2, 0.25) is 0 Å². The Kier molecular flexibility index (Phi) is 4.23. The SMILES string of the molecule is Cn1ccc2c(NC(=O)NC3C4CN(c5ccc(F)cc5F)CC43)cccc2c1=O. The van der Waals surface area contributed by atoms with E-state index in [0.717, 1.165) is 6.07 Å². The number of amides is 2. The molecule has 2 atom stereocenters. The molecule has 2 fully saturated rings. The molecule has 3 aromatic rings.